The fourth-order valence-electron chi connectivity index (χ4n) is 3.04. The summed E-state index contributed by atoms with van der Waals surface area (Å²) in [6.45, 7) is 9.05. The van der Waals surface area contributed by atoms with E-state index < -0.39 is 5.60 Å². The standard InChI is InChI=1S/C15H21N5O/c1-5-11-12-13(19(4)18-11)16-10(2)17-14(12)20-8-6-7-15(3,21)9-20/h5,21H,1,6-9H2,2-4H3/t15-/m0/s1. The van der Waals surface area contributed by atoms with Crippen LogP contribution in [0.5, 0.6) is 0 Å². The molecule has 3 rings (SSSR count). The molecule has 0 aliphatic carbocycles. The molecule has 0 bridgehead atoms. The van der Waals surface area contributed by atoms with Crippen molar-refractivity contribution in [3.8, 4) is 0 Å². The van der Waals surface area contributed by atoms with Crippen LogP contribution in [-0.4, -0.2) is 43.5 Å². The van der Waals surface area contributed by atoms with Crippen molar-refractivity contribution in [2.24, 2.45) is 7.05 Å². The zero-order chi connectivity index (χ0) is 15.2. The Labute approximate surface area is 124 Å². The Morgan fingerprint density at radius 1 is 1.38 bits per heavy atom. The Morgan fingerprint density at radius 2 is 2.14 bits per heavy atom. The van der Waals surface area contributed by atoms with Gasteiger partial charge < -0.3 is 10.0 Å². The molecule has 6 nitrogen and oxygen atoms in total. The summed E-state index contributed by atoms with van der Waals surface area (Å²) in [5.41, 5.74) is 0.908. The van der Waals surface area contributed by atoms with Crippen LogP contribution in [0.15, 0.2) is 6.58 Å². The summed E-state index contributed by atoms with van der Waals surface area (Å²) in [5, 5.41) is 15.7. The van der Waals surface area contributed by atoms with Gasteiger partial charge in [0.05, 0.1) is 16.7 Å². The third-order valence-corrected chi connectivity index (χ3v) is 3.97. The van der Waals surface area contributed by atoms with Crippen molar-refractivity contribution in [3.05, 3.63) is 18.1 Å². The van der Waals surface area contributed by atoms with Gasteiger partial charge in [-0.05, 0) is 32.8 Å². The van der Waals surface area contributed by atoms with Crippen molar-refractivity contribution in [2.45, 2.75) is 32.3 Å². The minimum atomic E-state index is -0.681. The van der Waals surface area contributed by atoms with Gasteiger partial charge in [-0.15, -0.1) is 0 Å². The second-order valence-electron chi connectivity index (χ2n) is 6.03. The van der Waals surface area contributed by atoms with Crippen molar-refractivity contribution in [3.63, 3.8) is 0 Å². The van der Waals surface area contributed by atoms with Crippen molar-refractivity contribution < 1.29 is 5.11 Å². The van der Waals surface area contributed by atoms with Crippen LogP contribution in [0.1, 0.15) is 31.3 Å². The minimum Gasteiger partial charge on any atom is -0.388 e. The quantitative estimate of drug-likeness (QED) is 0.910. The molecule has 21 heavy (non-hydrogen) atoms. The highest BCUT2D eigenvalue weighted by molar-refractivity contribution is 5.94. The number of hydrogen-bond acceptors (Lipinski definition) is 5. The number of aliphatic hydroxyl groups is 1. The first kappa shape index (κ1) is 14.0. The molecule has 1 aliphatic heterocycles. The van der Waals surface area contributed by atoms with Crippen LogP contribution in [0.3, 0.4) is 0 Å². The summed E-state index contributed by atoms with van der Waals surface area (Å²) in [7, 11) is 1.87. The third-order valence-electron chi connectivity index (χ3n) is 3.97. The average Bonchev–Trinajstić information content (AvgIpc) is 2.73. The molecule has 6 heteroatoms. The number of rotatable bonds is 2. The maximum atomic E-state index is 10.4. The lowest BCUT2D eigenvalue weighted by molar-refractivity contribution is 0.0448. The largest absolute Gasteiger partial charge is 0.388 e. The molecule has 2 aromatic heterocycles. The molecule has 1 aliphatic rings. The Balaban J connectivity index is 2.19. The van der Waals surface area contributed by atoms with Crippen LogP contribution >= 0.6 is 0 Å². The number of aryl methyl sites for hydroxylation is 2. The first-order chi connectivity index (χ1) is 9.91. The number of aromatic nitrogens is 4. The molecule has 112 valence electrons. The lowest BCUT2D eigenvalue weighted by Gasteiger charge is -2.37. The summed E-state index contributed by atoms with van der Waals surface area (Å²) in [6.07, 6.45) is 3.49. The predicted molar refractivity (Wildman–Crippen MR) is 83.2 cm³/mol. The van der Waals surface area contributed by atoms with E-state index in [-0.39, 0.29) is 0 Å². The zero-order valence-electron chi connectivity index (χ0n) is 12.8. The van der Waals surface area contributed by atoms with Gasteiger partial charge in [-0.25, -0.2) is 14.6 Å². The number of hydrogen-bond donors (Lipinski definition) is 1. The van der Waals surface area contributed by atoms with Gasteiger partial charge in [0.1, 0.15) is 11.6 Å². The molecular weight excluding hydrogens is 266 g/mol. The predicted octanol–water partition coefficient (Wildman–Crippen LogP) is 1.67. The van der Waals surface area contributed by atoms with E-state index >= 15 is 0 Å². The molecule has 0 radical (unpaired) electrons. The number of fused-ring (bicyclic) bond motifs is 1. The maximum absolute atomic E-state index is 10.4. The average molecular weight is 287 g/mol. The van der Waals surface area contributed by atoms with Gasteiger partial charge in [0.15, 0.2) is 5.65 Å². The molecule has 1 saturated heterocycles. The van der Waals surface area contributed by atoms with Gasteiger partial charge in [-0.2, -0.15) is 5.10 Å². The van der Waals surface area contributed by atoms with E-state index in [2.05, 4.69) is 26.5 Å². The molecule has 1 N–H and O–H groups in total. The normalized spacial score (nSPS) is 22.8. The molecule has 3 heterocycles. The molecule has 0 unspecified atom stereocenters. The van der Waals surface area contributed by atoms with E-state index in [1.807, 2.05) is 20.9 Å². The van der Waals surface area contributed by atoms with Gasteiger partial charge in [-0.1, -0.05) is 6.58 Å². The number of piperidine rings is 1. The second kappa shape index (κ2) is 4.80. The molecule has 0 amide bonds. The van der Waals surface area contributed by atoms with Crippen LogP contribution in [0, 0.1) is 6.92 Å². The number of nitrogens with zero attached hydrogens (tertiary/aromatic N) is 5. The topological polar surface area (TPSA) is 67.1 Å². The summed E-state index contributed by atoms with van der Waals surface area (Å²) < 4.78 is 1.76. The van der Waals surface area contributed by atoms with Crippen molar-refractivity contribution in [2.75, 3.05) is 18.0 Å². The Morgan fingerprint density at radius 3 is 2.81 bits per heavy atom. The zero-order valence-corrected chi connectivity index (χ0v) is 12.8. The third kappa shape index (κ3) is 2.40. The Kier molecular flexibility index (Phi) is 3.20. The summed E-state index contributed by atoms with van der Waals surface area (Å²) in [6, 6.07) is 0. The highest BCUT2D eigenvalue weighted by atomic mass is 16.3. The SMILES string of the molecule is C=Cc1nn(C)c2nc(C)nc(N3CCC[C@](C)(O)C3)c12. The minimum absolute atomic E-state index is 0.573. The van der Waals surface area contributed by atoms with Crippen molar-refractivity contribution in [1.29, 1.82) is 0 Å². The Hall–Kier alpha value is -1.95. The van der Waals surface area contributed by atoms with E-state index in [0.29, 0.717) is 12.4 Å². The molecular formula is C15H21N5O. The van der Waals surface area contributed by atoms with Gasteiger partial charge >= 0.3 is 0 Å². The van der Waals surface area contributed by atoms with Crippen LogP contribution in [0.25, 0.3) is 17.1 Å². The van der Waals surface area contributed by atoms with E-state index in [9.17, 15) is 5.11 Å². The van der Waals surface area contributed by atoms with Crippen molar-refractivity contribution in [1.82, 2.24) is 19.7 Å². The fourth-order valence-corrected chi connectivity index (χ4v) is 3.04. The van der Waals surface area contributed by atoms with Gasteiger partial charge in [0.2, 0.25) is 0 Å². The second-order valence-corrected chi connectivity index (χ2v) is 6.03. The molecule has 1 fully saturated rings. The Bertz CT molecular complexity index is 704. The van der Waals surface area contributed by atoms with Gasteiger partial charge in [-0.3, -0.25) is 0 Å². The van der Waals surface area contributed by atoms with Crippen LogP contribution in [0.4, 0.5) is 5.82 Å². The van der Waals surface area contributed by atoms with E-state index in [1.165, 1.54) is 0 Å². The monoisotopic (exact) mass is 287 g/mol. The summed E-state index contributed by atoms with van der Waals surface area (Å²) in [4.78, 5) is 11.2. The van der Waals surface area contributed by atoms with Gasteiger partial charge in [0, 0.05) is 20.1 Å². The first-order valence-corrected chi connectivity index (χ1v) is 7.22. The van der Waals surface area contributed by atoms with Crippen LogP contribution in [0.2, 0.25) is 0 Å². The highest BCUT2D eigenvalue weighted by Gasteiger charge is 2.31. The highest BCUT2D eigenvalue weighted by Crippen LogP contribution is 2.31. The number of anilines is 1. The first-order valence-electron chi connectivity index (χ1n) is 7.22. The molecule has 2 aromatic rings. The summed E-state index contributed by atoms with van der Waals surface area (Å²) in [5.74, 6) is 1.56. The number of β-amino-alcohol motifs (C(OH)–C–C–N with tert-alkyl or cyclic N) is 1. The van der Waals surface area contributed by atoms with E-state index in [0.717, 1.165) is 41.9 Å². The molecule has 0 aromatic carbocycles. The van der Waals surface area contributed by atoms with E-state index in [1.54, 1.807) is 10.8 Å². The molecule has 0 spiro atoms. The van der Waals surface area contributed by atoms with Crippen molar-refractivity contribution >= 4 is 22.9 Å². The molecule has 1 atom stereocenters. The molecule has 0 saturated carbocycles. The summed E-state index contributed by atoms with van der Waals surface area (Å²) >= 11 is 0. The maximum Gasteiger partial charge on any atom is 0.164 e. The van der Waals surface area contributed by atoms with Crippen LogP contribution in [-0.2, 0) is 7.05 Å². The smallest absolute Gasteiger partial charge is 0.164 e. The van der Waals surface area contributed by atoms with Gasteiger partial charge in [0.25, 0.3) is 0 Å². The lowest BCUT2D eigenvalue weighted by atomic mass is 9.95. The van der Waals surface area contributed by atoms with E-state index in [4.69, 9.17) is 0 Å². The van der Waals surface area contributed by atoms with Crippen LogP contribution < -0.4 is 4.90 Å². The lowest BCUT2D eigenvalue weighted by Crippen LogP contribution is -2.46. The fraction of sp³-hybridized carbons (Fsp3) is 0.533.